The van der Waals surface area contributed by atoms with Crippen molar-refractivity contribution in [3.05, 3.63) is 29.6 Å². The predicted octanol–water partition coefficient (Wildman–Crippen LogP) is 6.32. The van der Waals surface area contributed by atoms with E-state index in [1.165, 1.54) is 12.8 Å². The molecule has 0 aliphatic heterocycles. The maximum atomic E-state index is 12.9. The second-order valence-corrected chi connectivity index (χ2v) is 10.9. The molecule has 0 radical (unpaired) electrons. The molecule has 1 heterocycles. The summed E-state index contributed by atoms with van der Waals surface area (Å²) in [5.41, 5.74) is 0.357. The molecule has 0 saturated heterocycles. The number of carbonyl (C=O) groups is 2. The fourth-order valence-corrected chi connectivity index (χ4v) is 5.56. The molecule has 1 aromatic rings. The SMILES string of the molecule is CC(C)[C@H]1CC[C@@H](C)C[C@H]1OC(=O)c1cccc(C(=O)O[C@@H]2C[C@H](C)CC[C@H]2C(C)C)n1. The van der Waals surface area contributed by atoms with Gasteiger partial charge in [0.1, 0.15) is 23.6 Å². The first kappa shape index (κ1) is 24.7. The van der Waals surface area contributed by atoms with Gasteiger partial charge in [-0.05, 0) is 73.3 Å². The van der Waals surface area contributed by atoms with Crippen LogP contribution >= 0.6 is 0 Å². The Morgan fingerprint density at radius 2 is 1.19 bits per heavy atom. The summed E-state index contributed by atoms with van der Waals surface area (Å²) < 4.78 is 11.8. The molecule has 2 fully saturated rings. The van der Waals surface area contributed by atoms with E-state index in [0.29, 0.717) is 35.5 Å². The zero-order valence-corrected chi connectivity index (χ0v) is 20.7. The topological polar surface area (TPSA) is 65.5 Å². The molecule has 2 aliphatic carbocycles. The van der Waals surface area contributed by atoms with Crippen molar-refractivity contribution in [1.82, 2.24) is 4.98 Å². The van der Waals surface area contributed by atoms with E-state index in [9.17, 15) is 9.59 Å². The number of hydrogen-bond donors (Lipinski definition) is 0. The van der Waals surface area contributed by atoms with Crippen LogP contribution in [0.4, 0.5) is 0 Å². The van der Waals surface area contributed by atoms with Crippen LogP contribution in [0.2, 0.25) is 0 Å². The first-order valence-corrected chi connectivity index (χ1v) is 12.5. The molecule has 0 amide bonds. The summed E-state index contributed by atoms with van der Waals surface area (Å²) >= 11 is 0. The summed E-state index contributed by atoms with van der Waals surface area (Å²) in [6.07, 6.45) is 6.07. The van der Waals surface area contributed by atoms with Gasteiger partial charge in [0.05, 0.1) is 0 Å². The minimum absolute atomic E-state index is 0.0980. The average molecular weight is 444 g/mol. The molecule has 2 aliphatic rings. The normalized spacial score (nSPS) is 30.9. The van der Waals surface area contributed by atoms with E-state index in [-0.39, 0.29) is 23.6 Å². The van der Waals surface area contributed by atoms with Crippen molar-refractivity contribution in [2.24, 2.45) is 35.5 Å². The summed E-state index contributed by atoms with van der Waals surface area (Å²) in [7, 11) is 0. The van der Waals surface area contributed by atoms with Crippen molar-refractivity contribution < 1.29 is 19.1 Å². The van der Waals surface area contributed by atoms with Crippen molar-refractivity contribution in [2.75, 3.05) is 0 Å². The van der Waals surface area contributed by atoms with Gasteiger partial charge in [-0.3, -0.25) is 0 Å². The highest BCUT2D eigenvalue weighted by atomic mass is 16.5. The lowest BCUT2D eigenvalue weighted by atomic mass is 9.75. The third-order valence-corrected chi connectivity index (χ3v) is 7.61. The third-order valence-electron chi connectivity index (χ3n) is 7.61. The van der Waals surface area contributed by atoms with Gasteiger partial charge in [-0.1, -0.05) is 60.5 Å². The summed E-state index contributed by atoms with van der Waals surface area (Å²) in [5, 5.41) is 0. The number of hydrogen-bond acceptors (Lipinski definition) is 5. The molecule has 0 unspecified atom stereocenters. The lowest BCUT2D eigenvalue weighted by Crippen LogP contribution is -2.36. The van der Waals surface area contributed by atoms with Gasteiger partial charge in [-0.2, -0.15) is 0 Å². The van der Waals surface area contributed by atoms with Crippen molar-refractivity contribution in [1.29, 1.82) is 0 Å². The molecule has 3 rings (SSSR count). The molecule has 2 saturated carbocycles. The highest BCUT2D eigenvalue weighted by Gasteiger charge is 2.35. The van der Waals surface area contributed by atoms with Gasteiger partial charge in [0.25, 0.3) is 0 Å². The van der Waals surface area contributed by atoms with Crippen LogP contribution in [0.25, 0.3) is 0 Å². The largest absolute Gasteiger partial charge is 0.457 e. The second kappa shape index (κ2) is 10.8. The quantitative estimate of drug-likeness (QED) is 0.482. The lowest BCUT2D eigenvalue weighted by molar-refractivity contribution is -0.0184. The lowest BCUT2D eigenvalue weighted by Gasteiger charge is -2.36. The van der Waals surface area contributed by atoms with Crippen LogP contribution in [0.15, 0.2) is 18.2 Å². The predicted molar refractivity (Wildman–Crippen MR) is 125 cm³/mol. The first-order chi connectivity index (χ1) is 15.2. The molecule has 0 aromatic carbocycles. The number of esters is 2. The molecule has 0 spiro atoms. The molecular formula is C27H41NO4. The molecule has 0 N–H and O–H groups in total. The number of ether oxygens (including phenoxy) is 2. The first-order valence-electron chi connectivity index (χ1n) is 12.5. The number of pyridine rings is 1. The highest BCUT2D eigenvalue weighted by Crippen LogP contribution is 2.37. The van der Waals surface area contributed by atoms with Crippen LogP contribution in [-0.2, 0) is 9.47 Å². The Bertz CT molecular complexity index is 728. The zero-order valence-electron chi connectivity index (χ0n) is 20.7. The molecule has 6 atom stereocenters. The fraction of sp³-hybridized carbons (Fsp3) is 0.741. The molecular weight excluding hydrogens is 402 g/mol. The Hall–Kier alpha value is -1.91. The molecule has 0 bridgehead atoms. The van der Waals surface area contributed by atoms with E-state index >= 15 is 0 Å². The number of aromatic nitrogens is 1. The third kappa shape index (κ3) is 6.11. The number of carbonyl (C=O) groups excluding carboxylic acids is 2. The van der Waals surface area contributed by atoms with E-state index in [1.807, 2.05) is 0 Å². The van der Waals surface area contributed by atoms with Crippen LogP contribution in [0, 0.1) is 35.5 Å². The Kier molecular flexibility index (Phi) is 8.35. The molecule has 178 valence electrons. The van der Waals surface area contributed by atoms with E-state index in [1.54, 1.807) is 18.2 Å². The minimum atomic E-state index is -0.448. The number of rotatable bonds is 6. The van der Waals surface area contributed by atoms with Crippen LogP contribution in [0.3, 0.4) is 0 Å². The monoisotopic (exact) mass is 443 g/mol. The molecule has 5 heteroatoms. The Labute approximate surface area is 193 Å². The van der Waals surface area contributed by atoms with Crippen molar-refractivity contribution in [3.8, 4) is 0 Å². The fourth-order valence-electron chi connectivity index (χ4n) is 5.56. The number of nitrogens with zero attached hydrogens (tertiary/aromatic N) is 1. The van der Waals surface area contributed by atoms with Gasteiger partial charge in [0, 0.05) is 0 Å². The van der Waals surface area contributed by atoms with Crippen LogP contribution < -0.4 is 0 Å². The standard InChI is InChI=1S/C27H41NO4/c1-16(2)20-12-10-18(5)14-24(20)31-26(29)22-8-7-9-23(28-22)27(30)32-25-15-19(6)11-13-21(25)17(3)4/h7-9,16-21,24-25H,10-15H2,1-6H3/t18-,19-,20-,21+,24-,25-/m1/s1. The average Bonchev–Trinajstić information content (AvgIpc) is 2.73. The summed E-state index contributed by atoms with van der Waals surface area (Å²) in [6.45, 7) is 13.2. The van der Waals surface area contributed by atoms with Crippen molar-refractivity contribution in [3.63, 3.8) is 0 Å². The zero-order chi connectivity index (χ0) is 23.4. The summed E-state index contributed by atoms with van der Waals surface area (Å²) in [4.78, 5) is 30.1. The van der Waals surface area contributed by atoms with E-state index < -0.39 is 11.9 Å². The highest BCUT2D eigenvalue weighted by molar-refractivity contribution is 5.91. The van der Waals surface area contributed by atoms with Gasteiger partial charge in [-0.15, -0.1) is 0 Å². The Balaban J connectivity index is 1.68. The van der Waals surface area contributed by atoms with Gasteiger partial charge in [0.15, 0.2) is 0 Å². The van der Waals surface area contributed by atoms with Crippen LogP contribution in [0.5, 0.6) is 0 Å². The van der Waals surface area contributed by atoms with Crippen molar-refractivity contribution in [2.45, 2.75) is 92.3 Å². The Morgan fingerprint density at radius 3 is 1.56 bits per heavy atom. The van der Waals surface area contributed by atoms with Gasteiger partial charge < -0.3 is 9.47 Å². The summed E-state index contributed by atoms with van der Waals surface area (Å²) in [6, 6.07) is 4.93. The van der Waals surface area contributed by atoms with Crippen molar-refractivity contribution >= 4 is 11.9 Å². The van der Waals surface area contributed by atoms with Crippen LogP contribution in [0.1, 0.15) is 101 Å². The summed E-state index contributed by atoms with van der Waals surface area (Å²) in [5.74, 6) is 1.84. The van der Waals surface area contributed by atoms with Gasteiger partial charge in [-0.25, -0.2) is 14.6 Å². The minimum Gasteiger partial charge on any atom is -0.457 e. The molecule has 32 heavy (non-hydrogen) atoms. The van der Waals surface area contributed by atoms with Gasteiger partial charge >= 0.3 is 11.9 Å². The molecule has 5 nitrogen and oxygen atoms in total. The van der Waals surface area contributed by atoms with E-state index in [2.05, 4.69) is 46.5 Å². The smallest absolute Gasteiger partial charge is 0.357 e. The molecule has 1 aromatic heterocycles. The second-order valence-electron chi connectivity index (χ2n) is 10.9. The van der Waals surface area contributed by atoms with E-state index in [0.717, 1.165) is 25.7 Å². The van der Waals surface area contributed by atoms with Crippen LogP contribution in [-0.4, -0.2) is 29.1 Å². The van der Waals surface area contributed by atoms with E-state index in [4.69, 9.17) is 9.47 Å². The maximum Gasteiger partial charge on any atom is 0.357 e. The van der Waals surface area contributed by atoms with Gasteiger partial charge in [0.2, 0.25) is 0 Å². The maximum absolute atomic E-state index is 12.9. The Morgan fingerprint density at radius 1 is 0.781 bits per heavy atom.